The molecule has 6 heteroatoms. The van der Waals surface area contributed by atoms with Crippen molar-refractivity contribution in [2.24, 2.45) is 5.92 Å². The Morgan fingerprint density at radius 3 is 2.74 bits per heavy atom. The van der Waals surface area contributed by atoms with E-state index in [4.69, 9.17) is 15.6 Å². The van der Waals surface area contributed by atoms with E-state index in [0.717, 1.165) is 6.42 Å². The van der Waals surface area contributed by atoms with Crippen LogP contribution in [-0.2, 0) is 9.53 Å². The number of nitrogen functional groups attached to an aromatic ring is 1. The number of amides is 1. The number of carbonyl (C=O) groups is 2. The second-order valence-corrected chi connectivity index (χ2v) is 4.65. The van der Waals surface area contributed by atoms with E-state index in [1.807, 2.05) is 6.92 Å². The molecule has 1 aromatic rings. The summed E-state index contributed by atoms with van der Waals surface area (Å²) in [7, 11) is 0. The Hall–Kier alpha value is -2.08. The van der Waals surface area contributed by atoms with Crippen molar-refractivity contribution in [2.45, 2.75) is 19.4 Å². The van der Waals surface area contributed by atoms with Crippen LogP contribution >= 0.6 is 0 Å². The van der Waals surface area contributed by atoms with Crippen LogP contribution in [0.3, 0.4) is 0 Å². The Morgan fingerprint density at radius 1 is 1.47 bits per heavy atom. The van der Waals surface area contributed by atoms with Gasteiger partial charge in [0.1, 0.15) is 6.10 Å². The van der Waals surface area contributed by atoms with E-state index in [2.05, 4.69) is 5.32 Å². The van der Waals surface area contributed by atoms with Crippen molar-refractivity contribution in [3.05, 3.63) is 23.8 Å². The molecule has 1 saturated heterocycles. The molecule has 0 aromatic heterocycles. The number of nitrogens with two attached hydrogens (primary N) is 1. The van der Waals surface area contributed by atoms with Crippen LogP contribution in [-0.4, -0.2) is 29.7 Å². The lowest BCUT2D eigenvalue weighted by atomic mass is 10.0. The Kier molecular flexibility index (Phi) is 3.71. The van der Waals surface area contributed by atoms with Crippen LogP contribution in [0.1, 0.15) is 23.7 Å². The number of carboxylic acids is 1. The molecule has 1 aromatic carbocycles. The molecule has 1 aliphatic heterocycles. The summed E-state index contributed by atoms with van der Waals surface area (Å²) in [6, 6.07) is 4.19. The Labute approximate surface area is 110 Å². The minimum absolute atomic E-state index is 0.0842. The highest BCUT2D eigenvalue weighted by Gasteiger charge is 2.31. The molecule has 0 spiro atoms. The van der Waals surface area contributed by atoms with Crippen molar-refractivity contribution >= 4 is 23.3 Å². The van der Waals surface area contributed by atoms with Gasteiger partial charge in [-0.3, -0.25) is 4.79 Å². The first-order valence-corrected chi connectivity index (χ1v) is 6.04. The minimum Gasteiger partial charge on any atom is -0.478 e. The van der Waals surface area contributed by atoms with Crippen molar-refractivity contribution in [1.82, 2.24) is 0 Å². The van der Waals surface area contributed by atoms with Crippen LogP contribution in [0.2, 0.25) is 0 Å². The molecular formula is C13H16N2O4. The predicted molar refractivity (Wildman–Crippen MR) is 70.0 cm³/mol. The largest absolute Gasteiger partial charge is 0.478 e. The summed E-state index contributed by atoms with van der Waals surface area (Å²) < 4.78 is 5.35. The molecule has 0 radical (unpaired) electrons. The smallest absolute Gasteiger partial charge is 0.335 e. The summed E-state index contributed by atoms with van der Waals surface area (Å²) in [5, 5.41) is 11.5. The Morgan fingerprint density at radius 2 is 2.21 bits per heavy atom. The van der Waals surface area contributed by atoms with Gasteiger partial charge >= 0.3 is 5.97 Å². The summed E-state index contributed by atoms with van der Waals surface area (Å²) in [6.07, 6.45) is 0.379. The zero-order chi connectivity index (χ0) is 14.0. The third kappa shape index (κ3) is 2.85. The van der Waals surface area contributed by atoms with Gasteiger partial charge in [0.2, 0.25) is 0 Å². The Balaban J connectivity index is 2.11. The number of rotatable bonds is 3. The van der Waals surface area contributed by atoms with Gasteiger partial charge in [-0.1, -0.05) is 6.92 Å². The van der Waals surface area contributed by atoms with E-state index in [1.54, 1.807) is 0 Å². The first-order valence-electron chi connectivity index (χ1n) is 6.04. The van der Waals surface area contributed by atoms with Crippen molar-refractivity contribution in [3.8, 4) is 0 Å². The molecule has 1 aliphatic rings. The molecule has 2 unspecified atom stereocenters. The summed E-state index contributed by atoms with van der Waals surface area (Å²) in [5.74, 6) is -1.14. The molecule has 6 nitrogen and oxygen atoms in total. The van der Waals surface area contributed by atoms with Crippen LogP contribution in [0.4, 0.5) is 11.4 Å². The fraction of sp³-hybridized carbons (Fsp3) is 0.385. The fourth-order valence-corrected chi connectivity index (χ4v) is 2.04. The maximum Gasteiger partial charge on any atom is 0.335 e. The van der Waals surface area contributed by atoms with Crippen molar-refractivity contribution in [1.29, 1.82) is 0 Å². The molecular weight excluding hydrogens is 248 g/mol. The molecule has 2 atom stereocenters. The van der Waals surface area contributed by atoms with Crippen LogP contribution < -0.4 is 11.1 Å². The number of aromatic carboxylic acids is 1. The first-order chi connectivity index (χ1) is 8.99. The van der Waals surface area contributed by atoms with Crippen molar-refractivity contribution in [3.63, 3.8) is 0 Å². The second kappa shape index (κ2) is 5.27. The highest BCUT2D eigenvalue weighted by atomic mass is 16.5. The van der Waals surface area contributed by atoms with Gasteiger partial charge < -0.3 is 20.9 Å². The molecule has 102 valence electrons. The number of carboxylic acid groups (broad SMARTS) is 1. The van der Waals surface area contributed by atoms with E-state index in [9.17, 15) is 9.59 Å². The number of hydrogen-bond donors (Lipinski definition) is 3. The van der Waals surface area contributed by atoms with E-state index >= 15 is 0 Å². The monoisotopic (exact) mass is 264 g/mol. The van der Waals surface area contributed by atoms with Gasteiger partial charge in [0.15, 0.2) is 0 Å². The van der Waals surface area contributed by atoms with Crippen LogP contribution in [0.15, 0.2) is 18.2 Å². The van der Waals surface area contributed by atoms with Gasteiger partial charge in [0.05, 0.1) is 16.9 Å². The lowest BCUT2D eigenvalue weighted by Crippen LogP contribution is -2.31. The number of benzene rings is 1. The van der Waals surface area contributed by atoms with Crippen molar-refractivity contribution < 1.29 is 19.4 Å². The molecule has 0 saturated carbocycles. The zero-order valence-corrected chi connectivity index (χ0v) is 10.6. The van der Waals surface area contributed by atoms with Crippen molar-refractivity contribution in [2.75, 3.05) is 17.7 Å². The number of nitrogens with one attached hydrogen (secondary N) is 1. The zero-order valence-electron chi connectivity index (χ0n) is 10.6. The quantitative estimate of drug-likeness (QED) is 0.715. The SMILES string of the molecule is CC1CCOC1C(=O)Nc1ccc(C(=O)O)cc1N. The average Bonchev–Trinajstić information content (AvgIpc) is 2.77. The molecule has 19 heavy (non-hydrogen) atoms. The molecule has 1 amide bonds. The maximum atomic E-state index is 12.0. The van der Waals surface area contributed by atoms with Gasteiger partial charge in [-0.15, -0.1) is 0 Å². The van der Waals surface area contributed by atoms with Crippen LogP contribution in [0.5, 0.6) is 0 Å². The summed E-state index contributed by atoms with van der Waals surface area (Å²) >= 11 is 0. The number of carbonyl (C=O) groups excluding carboxylic acids is 1. The minimum atomic E-state index is -1.06. The van der Waals surface area contributed by atoms with E-state index in [-0.39, 0.29) is 23.1 Å². The van der Waals surface area contributed by atoms with E-state index in [1.165, 1.54) is 18.2 Å². The van der Waals surface area contributed by atoms with Gasteiger partial charge in [-0.2, -0.15) is 0 Å². The average molecular weight is 264 g/mol. The summed E-state index contributed by atoms with van der Waals surface area (Å²) in [6.45, 7) is 2.53. The number of anilines is 2. The van der Waals surface area contributed by atoms with Gasteiger partial charge in [-0.25, -0.2) is 4.79 Å². The normalized spacial score (nSPS) is 22.2. The maximum absolute atomic E-state index is 12.0. The summed E-state index contributed by atoms with van der Waals surface area (Å²) in [5.41, 5.74) is 6.43. The molecule has 0 bridgehead atoms. The second-order valence-electron chi connectivity index (χ2n) is 4.65. The molecule has 0 aliphatic carbocycles. The van der Waals surface area contributed by atoms with Crippen LogP contribution in [0, 0.1) is 5.92 Å². The van der Waals surface area contributed by atoms with Gasteiger partial charge in [-0.05, 0) is 30.5 Å². The predicted octanol–water partition coefficient (Wildman–Crippen LogP) is 1.33. The molecule has 1 heterocycles. The lowest BCUT2D eigenvalue weighted by molar-refractivity contribution is -0.126. The number of ether oxygens (including phenoxy) is 1. The van der Waals surface area contributed by atoms with Gasteiger partial charge in [0, 0.05) is 6.61 Å². The lowest BCUT2D eigenvalue weighted by Gasteiger charge is -2.15. The van der Waals surface area contributed by atoms with E-state index < -0.39 is 12.1 Å². The highest BCUT2D eigenvalue weighted by molar-refractivity contribution is 5.98. The standard InChI is InChI=1S/C13H16N2O4/c1-7-4-5-19-11(7)12(16)15-10-3-2-8(13(17)18)6-9(10)14/h2-3,6-7,11H,4-5,14H2,1H3,(H,15,16)(H,17,18). The third-order valence-corrected chi connectivity index (χ3v) is 3.20. The van der Waals surface area contributed by atoms with Crippen LogP contribution in [0.25, 0.3) is 0 Å². The third-order valence-electron chi connectivity index (χ3n) is 3.20. The first kappa shape index (κ1) is 13.4. The number of hydrogen-bond acceptors (Lipinski definition) is 4. The molecule has 4 N–H and O–H groups in total. The topological polar surface area (TPSA) is 102 Å². The molecule has 1 fully saturated rings. The molecule has 2 rings (SSSR count). The highest BCUT2D eigenvalue weighted by Crippen LogP contribution is 2.24. The summed E-state index contributed by atoms with van der Waals surface area (Å²) in [4.78, 5) is 22.8. The van der Waals surface area contributed by atoms with Gasteiger partial charge in [0.25, 0.3) is 5.91 Å². The Bertz CT molecular complexity index is 515. The fourth-order valence-electron chi connectivity index (χ4n) is 2.04. The van der Waals surface area contributed by atoms with E-state index in [0.29, 0.717) is 12.3 Å².